The Morgan fingerprint density at radius 2 is 1.55 bits per heavy atom. The van der Waals surface area contributed by atoms with Crippen LogP contribution in [0, 0.1) is 0 Å². The number of benzene rings is 2. The van der Waals surface area contributed by atoms with Gasteiger partial charge in [-0.15, -0.1) is 0 Å². The minimum atomic E-state index is -1.82. The molecule has 0 atom stereocenters. The van der Waals surface area contributed by atoms with Crippen LogP contribution in [0.2, 0.25) is 0 Å². The number of para-hydroxylation sites is 1. The number of aliphatic carboxylic acids is 2. The number of hydrogen-bond acceptors (Lipinski definition) is 6. The summed E-state index contributed by atoms with van der Waals surface area (Å²) in [5, 5.41) is 20.8. The Labute approximate surface area is 168 Å². The summed E-state index contributed by atoms with van der Waals surface area (Å²) in [6.45, 7) is 0.824. The molecule has 2 aromatic rings. The van der Waals surface area contributed by atoms with Crippen LogP contribution in [0.5, 0.6) is 5.75 Å². The van der Waals surface area contributed by atoms with E-state index in [1.54, 1.807) is 7.11 Å². The number of nitrogens with one attached hydrogen (secondary N) is 2. The van der Waals surface area contributed by atoms with Gasteiger partial charge < -0.3 is 30.5 Å². The highest BCUT2D eigenvalue weighted by Gasteiger charge is 2.05. The summed E-state index contributed by atoms with van der Waals surface area (Å²) in [7, 11) is 5.60. The van der Waals surface area contributed by atoms with Crippen molar-refractivity contribution in [3.8, 4) is 5.75 Å². The van der Waals surface area contributed by atoms with Crippen LogP contribution >= 0.6 is 0 Å². The Morgan fingerprint density at radius 3 is 2.07 bits per heavy atom. The second kappa shape index (κ2) is 12.0. The molecule has 0 bridgehead atoms. The zero-order valence-electron chi connectivity index (χ0n) is 16.5. The number of methoxy groups -OCH3 is 1. The van der Waals surface area contributed by atoms with Crippen molar-refractivity contribution in [3.05, 3.63) is 54.1 Å². The summed E-state index contributed by atoms with van der Waals surface area (Å²) < 4.78 is 5.28. The van der Waals surface area contributed by atoms with Crippen molar-refractivity contribution in [2.75, 3.05) is 38.0 Å². The second-order valence-corrected chi connectivity index (χ2v) is 6.02. The largest absolute Gasteiger partial charge is 0.496 e. The SMILES string of the molecule is COc1ccccc1CNCC(=O)Nc1ccc(N(C)C)cc1.O=C(O)C(=O)O. The summed E-state index contributed by atoms with van der Waals surface area (Å²) in [4.78, 5) is 32.2. The minimum absolute atomic E-state index is 0.0718. The molecule has 0 aliphatic rings. The van der Waals surface area contributed by atoms with Crippen LogP contribution in [-0.2, 0) is 20.9 Å². The van der Waals surface area contributed by atoms with E-state index in [0.717, 1.165) is 22.7 Å². The van der Waals surface area contributed by atoms with E-state index < -0.39 is 11.9 Å². The lowest BCUT2D eigenvalue weighted by molar-refractivity contribution is -0.159. The maximum atomic E-state index is 12.0. The molecule has 0 radical (unpaired) electrons. The lowest BCUT2D eigenvalue weighted by Crippen LogP contribution is -2.27. The minimum Gasteiger partial charge on any atom is -0.496 e. The van der Waals surface area contributed by atoms with Crippen LogP contribution in [0.4, 0.5) is 11.4 Å². The number of carbonyl (C=O) groups excluding carboxylic acids is 1. The van der Waals surface area contributed by atoms with Crippen LogP contribution in [0.3, 0.4) is 0 Å². The molecule has 0 aromatic heterocycles. The van der Waals surface area contributed by atoms with E-state index in [2.05, 4.69) is 10.6 Å². The number of ether oxygens (including phenoxy) is 1. The molecule has 9 nitrogen and oxygen atoms in total. The lowest BCUT2D eigenvalue weighted by atomic mass is 10.2. The van der Waals surface area contributed by atoms with Gasteiger partial charge in [-0.2, -0.15) is 0 Å². The van der Waals surface area contributed by atoms with Crippen LogP contribution in [0.1, 0.15) is 5.56 Å². The summed E-state index contributed by atoms with van der Waals surface area (Å²) in [5.41, 5.74) is 2.91. The van der Waals surface area contributed by atoms with E-state index in [1.165, 1.54) is 0 Å². The lowest BCUT2D eigenvalue weighted by Gasteiger charge is -2.13. The van der Waals surface area contributed by atoms with Crippen LogP contribution in [-0.4, -0.2) is 55.8 Å². The third-order valence-corrected chi connectivity index (χ3v) is 3.64. The molecule has 29 heavy (non-hydrogen) atoms. The van der Waals surface area contributed by atoms with E-state index >= 15 is 0 Å². The van der Waals surface area contributed by atoms with Gasteiger partial charge in [-0.25, -0.2) is 9.59 Å². The molecule has 0 spiro atoms. The van der Waals surface area contributed by atoms with Gasteiger partial charge >= 0.3 is 11.9 Å². The highest BCUT2D eigenvalue weighted by molar-refractivity contribution is 6.27. The third kappa shape index (κ3) is 8.76. The number of hydrogen-bond donors (Lipinski definition) is 4. The number of carbonyl (C=O) groups is 3. The summed E-state index contributed by atoms with van der Waals surface area (Å²) in [6.07, 6.45) is 0. The van der Waals surface area contributed by atoms with Crippen molar-refractivity contribution in [2.24, 2.45) is 0 Å². The maximum Gasteiger partial charge on any atom is 0.414 e. The second-order valence-electron chi connectivity index (χ2n) is 6.02. The first kappa shape index (κ1) is 23.4. The molecule has 2 rings (SSSR count). The fraction of sp³-hybridized carbons (Fsp3) is 0.250. The summed E-state index contributed by atoms with van der Waals surface area (Å²) in [6, 6.07) is 15.5. The number of carboxylic acids is 2. The fourth-order valence-electron chi connectivity index (χ4n) is 2.21. The first-order valence-electron chi connectivity index (χ1n) is 8.60. The highest BCUT2D eigenvalue weighted by Crippen LogP contribution is 2.17. The molecule has 156 valence electrons. The predicted octanol–water partition coefficient (Wildman–Crippen LogP) is 1.65. The van der Waals surface area contributed by atoms with E-state index in [-0.39, 0.29) is 12.5 Å². The van der Waals surface area contributed by atoms with Gasteiger partial charge in [0.15, 0.2) is 0 Å². The predicted molar refractivity (Wildman–Crippen MR) is 109 cm³/mol. The topological polar surface area (TPSA) is 128 Å². The quantitative estimate of drug-likeness (QED) is 0.514. The third-order valence-electron chi connectivity index (χ3n) is 3.64. The zero-order valence-corrected chi connectivity index (χ0v) is 16.5. The van der Waals surface area contributed by atoms with Gasteiger partial charge in [-0.05, 0) is 30.3 Å². The fourth-order valence-corrected chi connectivity index (χ4v) is 2.21. The Balaban J connectivity index is 0.000000612. The molecule has 0 fully saturated rings. The van der Waals surface area contributed by atoms with Crippen molar-refractivity contribution < 1.29 is 29.3 Å². The van der Waals surface area contributed by atoms with Gasteiger partial charge in [0.25, 0.3) is 0 Å². The molecule has 2 aromatic carbocycles. The summed E-state index contributed by atoms with van der Waals surface area (Å²) in [5.74, 6) is -2.90. The maximum absolute atomic E-state index is 12.0. The van der Waals surface area contributed by atoms with Crippen LogP contribution in [0.15, 0.2) is 48.5 Å². The Kier molecular flexibility index (Phi) is 9.69. The monoisotopic (exact) mass is 403 g/mol. The van der Waals surface area contributed by atoms with Crippen LogP contribution in [0.25, 0.3) is 0 Å². The molecule has 0 aliphatic heterocycles. The first-order chi connectivity index (χ1) is 13.7. The molecule has 1 amide bonds. The Bertz CT molecular complexity index is 809. The van der Waals surface area contributed by atoms with Gasteiger partial charge in [-0.1, -0.05) is 18.2 Å². The first-order valence-corrected chi connectivity index (χ1v) is 8.60. The number of carboxylic acid groups (broad SMARTS) is 2. The number of anilines is 2. The number of amides is 1. The highest BCUT2D eigenvalue weighted by atomic mass is 16.5. The molecule has 0 unspecified atom stereocenters. The van der Waals surface area contributed by atoms with Crippen molar-refractivity contribution >= 4 is 29.2 Å². The van der Waals surface area contributed by atoms with Gasteiger partial charge in [0.05, 0.1) is 13.7 Å². The van der Waals surface area contributed by atoms with Gasteiger partial charge in [0, 0.05) is 37.6 Å². The van der Waals surface area contributed by atoms with Crippen molar-refractivity contribution in [1.82, 2.24) is 5.32 Å². The summed E-state index contributed by atoms with van der Waals surface area (Å²) >= 11 is 0. The van der Waals surface area contributed by atoms with E-state index in [4.69, 9.17) is 24.5 Å². The molecule has 9 heteroatoms. The molecular formula is C20H25N3O6. The molecule has 0 saturated carbocycles. The van der Waals surface area contributed by atoms with Gasteiger partial charge in [-0.3, -0.25) is 4.79 Å². The standard InChI is InChI=1S/C18H23N3O2.C2H2O4/c1-21(2)16-10-8-15(9-11-16)20-18(22)13-19-12-14-6-4-5-7-17(14)23-3;3-1(4)2(5)6/h4-11,19H,12-13H2,1-3H3,(H,20,22);(H,3,4)(H,5,6). The molecule has 0 saturated heterocycles. The molecule has 4 N–H and O–H groups in total. The molecule has 0 aliphatic carbocycles. The van der Waals surface area contributed by atoms with Crippen molar-refractivity contribution in [3.63, 3.8) is 0 Å². The normalized spacial score (nSPS) is 9.62. The Morgan fingerprint density at radius 1 is 0.966 bits per heavy atom. The van der Waals surface area contributed by atoms with Crippen molar-refractivity contribution in [2.45, 2.75) is 6.54 Å². The van der Waals surface area contributed by atoms with E-state index in [0.29, 0.717) is 6.54 Å². The molecular weight excluding hydrogens is 378 g/mol. The van der Waals surface area contributed by atoms with E-state index in [9.17, 15) is 4.79 Å². The smallest absolute Gasteiger partial charge is 0.414 e. The number of nitrogens with zero attached hydrogens (tertiary/aromatic N) is 1. The average Bonchev–Trinajstić information content (AvgIpc) is 2.69. The Hall–Kier alpha value is -3.59. The molecule has 0 heterocycles. The van der Waals surface area contributed by atoms with Gasteiger partial charge in [0.2, 0.25) is 5.91 Å². The zero-order chi connectivity index (χ0) is 21.8. The van der Waals surface area contributed by atoms with E-state index in [1.807, 2.05) is 67.5 Å². The van der Waals surface area contributed by atoms with Crippen LogP contribution < -0.4 is 20.3 Å². The average molecular weight is 403 g/mol. The van der Waals surface area contributed by atoms with Gasteiger partial charge in [0.1, 0.15) is 5.75 Å². The van der Waals surface area contributed by atoms with Crippen molar-refractivity contribution in [1.29, 1.82) is 0 Å². The number of rotatable bonds is 7.